The topological polar surface area (TPSA) is 55.6 Å². The van der Waals surface area contributed by atoms with E-state index in [0.717, 1.165) is 0 Å². The van der Waals surface area contributed by atoms with Gasteiger partial charge in [-0.3, -0.25) is 4.79 Å². The van der Waals surface area contributed by atoms with Crippen LogP contribution < -0.4 is 5.73 Å². The Hall–Kier alpha value is -0.880. The smallest absolute Gasteiger partial charge is 0.242 e. The lowest BCUT2D eigenvalue weighted by molar-refractivity contribution is -0.139. The third-order valence-electron chi connectivity index (χ3n) is 3.58. The van der Waals surface area contributed by atoms with Gasteiger partial charge >= 0.3 is 0 Å². The van der Waals surface area contributed by atoms with E-state index in [4.69, 9.17) is 22.1 Å². The third-order valence-corrected chi connectivity index (χ3v) is 3.93. The second kappa shape index (κ2) is 7.40. The van der Waals surface area contributed by atoms with E-state index >= 15 is 0 Å². The summed E-state index contributed by atoms with van der Waals surface area (Å²) in [5, 5.41) is 0.308. The highest BCUT2D eigenvalue weighted by Gasteiger charge is 2.37. The van der Waals surface area contributed by atoms with Crippen LogP contribution in [0.15, 0.2) is 18.2 Å². The fraction of sp³-hybridized carbons (Fsp3) is 0.500. The zero-order valence-electron chi connectivity index (χ0n) is 11.8. The molecule has 1 aromatic rings. The van der Waals surface area contributed by atoms with Crippen LogP contribution in [0.1, 0.15) is 18.4 Å². The van der Waals surface area contributed by atoms with E-state index in [1.54, 1.807) is 13.1 Å². The molecule has 0 bridgehead atoms. The summed E-state index contributed by atoms with van der Waals surface area (Å²) in [5.74, 6) is -0.534. The molecule has 2 rings (SSSR count). The number of rotatable bonds is 3. The van der Waals surface area contributed by atoms with Gasteiger partial charge in [-0.15, -0.1) is 12.4 Å². The number of likely N-dealkylation sites (N-methyl/N-ethyl adjacent to an activating group) is 1. The van der Waals surface area contributed by atoms with Crippen LogP contribution in [0, 0.1) is 5.82 Å². The predicted octanol–water partition coefficient (Wildman–Crippen LogP) is 2.37. The molecule has 1 aromatic carbocycles. The zero-order valence-corrected chi connectivity index (χ0v) is 13.3. The van der Waals surface area contributed by atoms with Gasteiger partial charge in [-0.05, 0) is 30.5 Å². The lowest BCUT2D eigenvalue weighted by Gasteiger charge is -2.35. The summed E-state index contributed by atoms with van der Waals surface area (Å²) in [6.07, 6.45) is 1.01. The number of benzene rings is 1. The first-order valence-corrected chi connectivity index (χ1v) is 6.86. The van der Waals surface area contributed by atoms with E-state index in [1.807, 2.05) is 0 Å². The minimum absolute atomic E-state index is 0. The molecule has 1 aliphatic rings. The number of hydrogen-bond donors (Lipinski definition) is 1. The van der Waals surface area contributed by atoms with E-state index in [2.05, 4.69) is 0 Å². The minimum Gasteiger partial charge on any atom is -0.381 e. The van der Waals surface area contributed by atoms with Crippen LogP contribution in [0.2, 0.25) is 5.02 Å². The first kappa shape index (κ1) is 18.2. The molecule has 2 N–H and O–H groups in total. The lowest BCUT2D eigenvalue weighted by atomic mass is 9.89. The normalized spacial score (nSPS) is 17.0. The van der Waals surface area contributed by atoms with Crippen LogP contribution in [-0.2, 0) is 16.1 Å². The lowest BCUT2D eigenvalue weighted by Crippen LogP contribution is -2.57. The fourth-order valence-electron chi connectivity index (χ4n) is 2.31. The molecule has 0 spiro atoms. The maximum Gasteiger partial charge on any atom is 0.242 e. The highest BCUT2D eigenvalue weighted by atomic mass is 35.5. The Morgan fingerprint density at radius 2 is 2.10 bits per heavy atom. The van der Waals surface area contributed by atoms with Gasteiger partial charge in [-0.2, -0.15) is 0 Å². The molecule has 21 heavy (non-hydrogen) atoms. The summed E-state index contributed by atoms with van der Waals surface area (Å²) in [6, 6.07) is 4.14. The Morgan fingerprint density at radius 1 is 1.48 bits per heavy atom. The van der Waals surface area contributed by atoms with Gasteiger partial charge in [0.1, 0.15) is 5.82 Å². The van der Waals surface area contributed by atoms with Gasteiger partial charge in [0.2, 0.25) is 5.91 Å². The van der Waals surface area contributed by atoms with Crippen molar-refractivity contribution in [1.29, 1.82) is 0 Å². The number of carbonyl (C=O) groups is 1. The van der Waals surface area contributed by atoms with Crippen molar-refractivity contribution in [2.75, 3.05) is 20.3 Å². The van der Waals surface area contributed by atoms with Crippen LogP contribution in [0.25, 0.3) is 0 Å². The molecule has 0 aliphatic carbocycles. The molecule has 0 radical (unpaired) electrons. The summed E-state index contributed by atoms with van der Waals surface area (Å²) < 4.78 is 18.2. The van der Waals surface area contributed by atoms with Crippen LogP contribution in [0.3, 0.4) is 0 Å². The predicted molar refractivity (Wildman–Crippen MR) is 82.1 cm³/mol. The Balaban J connectivity index is 0.00000220. The highest BCUT2D eigenvalue weighted by Crippen LogP contribution is 2.23. The molecular formula is C14H19Cl2FN2O2. The van der Waals surface area contributed by atoms with Crippen molar-refractivity contribution >= 4 is 29.9 Å². The average molecular weight is 337 g/mol. The van der Waals surface area contributed by atoms with E-state index in [-0.39, 0.29) is 18.3 Å². The molecule has 4 nitrogen and oxygen atoms in total. The molecule has 1 saturated heterocycles. The molecule has 1 fully saturated rings. The van der Waals surface area contributed by atoms with Gasteiger partial charge in [-0.25, -0.2) is 4.39 Å². The van der Waals surface area contributed by atoms with Gasteiger partial charge < -0.3 is 15.4 Å². The number of ether oxygens (including phenoxy) is 1. The van der Waals surface area contributed by atoms with Crippen molar-refractivity contribution in [3.05, 3.63) is 34.6 Å². The summed E-state index contributed by atoms with van der Waals surface area (Å²) in [6.45, 7) is 1.29. The van der Waals surface area contributed by atoms with Gasteiger partial charge in [0.15, 0.2) is 0 Å². The fourth-order valence-corrected chi connectivity index (χ4v) is 2.53. The minimum atomic E-state index is -0.875. The van der Waals surface area contributed by atoms with Crippen molar-refractivity contribution in [2.45, 2.75) is 24.9 Å². The Labute approximate surface area is 134 Å². The molecule has 0 atom stereocenters. The third kappa shape index (κ3) is 4.30. The maximum absolute atomic E-state index is 13.0. The SMILES string of the molecule is CN(Cc1ccc(F)cc1Cl)C(=O)C1(N)CCOCC1.Cl. The summed E-state index contributed by atoms with van der Waals surface area (Å²) in [5.41, 5.74) is 5.97. The standard InChI is InChI=1S/C14H18ClFN2O2.ClH/c1-18(9-10-2-3-11(16)8-12(10)15)13(19)14(17)4-6-20-7-5-14;/h2-3,8H,4-7,9,17H2,1H3;1H. The van der Waals surface area contributed by atoms with Gasteiger partial charge in [-0.1, -0.05) is 17.7 Å². The molecule has 0 saturated carbocycles. The number of nitrogens with zero attached hydrogens (tertiary/aromatic N) is 1. The molecule has 1 heterocycles. The second-order valence-electron chi connectivity index (χ2n) is 5.17. The van der Waals surface area contributed by atoms with E-state index in [9.17, 15) is 9.18 Å². The van der Waals surface area contributed by atoms with Crippen molar-refractivity contribution in [2.24, 2.45) is 5.73 Å². The maximum atomic E-state index is 13.0. The van der Waals surface area contributed by atoms with Crippen LogP contribution in [0.5, 0.6) is 0 Å². The summed E-state index contributed by atoms with van der Waals surface area (Å²) >= 11 is 5.97. The van der Waals surface area contributed by atoms with Gasteiger partial charge in [0.05, 0.1) is 5.54 Å². The summed E-state index contributed by atoms with van der Waals surface area (Å²) in [4.78, 5) is 14.0. The number of carbonyl (C=O) groups excluding carboxylic acids is 1. The first-order chi connectivity index (χ1) is 9.42. The van der Waals surface area contributed by atoms with E-state index in [0.29, 0.717) is 43.2 Å². The van der Waals surface area contributed by atoms with Crippen molar-refractivity contribution in [3.8, 4) is 0 Å². The average Bonchev–Trinajstić information content (AvgIpc) is 2.42. The van der Waals surface area contributed by atoms with Crippen molar-refractivity contribution < 1.29 is 13.9 Å². The molecule has 0 aromatic heterocycles. The first-order valence-electron chi connectivity index (χ1n) is 6.48. The van der Waals surface area contributed by atoms with Crippen LogP contribution in [-0.4, -0.2) is 36.6 Å². The second-order valence-corrected chi connectivity index (χ2v) is 5.57. The molecule has 118 valence electrons. The zero-order chi connectivity index (χ0) is 14.8. The Kier molecular flexibility index (Phi) is 6.41. The molecular weight excluding hydrogens is 318 g/mol. The van der Waals surface area contributed by atoms with Gasteiger partial charge in [0.25, 0.3) is 0 Å². The molecule has 1 aliphatic heterocycles. The Bertz CT molecular complexity index is 508. The number of amides is 1. The number of nitrogens with two attached hydrogens (primary N) is 1. The Morgan fingerprint density at radius 3 is 2.67 bits per heavy atom. The van der Waals surface area contributed by atoms with Gasteiger partial charge in [0, 0.05) is 31.8 Å². The molecule has 7 heteroatoms. The number of halogens is 3. The number of hydrogen-bond acceptors (Lipinski definition) is 3. The summed E-state index contributed by atoms with van der Waals surface area (Å²) in [7, 11) is 1.67. The monoisotopic (exact) mass is 336 g/mol. The molecule has 0 unspecified atom stereocenters. The highest BCUT2D eigenvalue weighted by molar-refractivity contribution is 6.31. The van der Waals surface area contributed by atoms with Crippen molar-refractivity contribution in [3.63, 3.8) is 0 Å². The van der Waals surface area contributed by atoms with Crippen LogP contribution in [0.4, 0.5) is 4.39 Å². The van der Waals surface area contributed by atoms with E-state index in [1.165, 1.54) is 17.0 Å². The van der Waals surface area contributed by atoms with Crippen molar-refractivity contribution in [1.82, 2.24) is 4.90 Å². The van der Waals surface area contributed by atoms with Crippen LogP contribution >= 0.6 is 24.0 Å². The largest absolute Gasteiger partial charge is 0.381 e. The van der Waals surface area contributed by atoms with E-state index < -0.39 is 11.4 Å². The quantitative estimate of drug-likeness (QED) is 0.921. The molecule has 1 amide bonds.